The third-order valence-corrected chi connectivity index (χ3v) is 6.32. The van der Waals surface area contributed by atoms with Gasteiger partial charge in [-0.2, -0.15) is 0 Å². The van der Waals surface area contributed by atoms with E-state index in [1.165, 1.54) is 0 Å². The maximum absolute atomic E-state index is 13.6. The van der Waals surface area contributed by atoms with E-state index >= 15 is 0 Å². The third kappa shape index (κ3) is 4.70. The van der Waals surface area contributed by atoms with Crippen LogP contribution in [0.5, 0.6) is 5.75 Å². The van der Waals surface area contributed by atoms with Crippen LogP contribution in [0.2, 0.25) is 5.02 Å². The zero-order chi connectivity index (χ0) is 24.4. The summed E-state index contributed by atoms with van der Waals surface area (Å²) in [5.41, 5.74) is 2.09. The molecule has 0 bridgehead atoms. The summed E-state index contributed by atoms with van der Waals surface area (Å²) in [6.07, 6.45) is 1.67. The Hall–Kier alpha value is -2.83. The first-order chi connectivity index (χ1) is 16.3. The van der Waals surface area contributed by atoms with E-state index in [-0.39, 0.29) is 23.2 Å². The van der Waals surface area contributed by atoms with E-state index in [0.717, 1.165) is 23.3 Å². The molecule has 0 N–H and O–H groups in total. The molecule has 0 saturated carbocycles. The molecule has 1 amide bonds. The molecule has 2 heterocycles. The number of ether oxygens (including phenoxy) is 2. The first-order valence-corrected chi connectivity index (χ1v) is 12.1. The van der Waals surface area contributed by atoms with Gasteiger partial charge >= 0.3 is 0 Å². The first kappa shape index (κ1) is 24.3. The molecule has 1 atom stereocenters. The van der Waals surface area contributed by atoms with Crippen LogP contribution < -0.4 is 10.2 Å². The second-order valence-corrected chi connectivity index (χ2v) is 9.27. The lowest BCUT2D eigenvalue weighted by Crippen LogP contribution is -2.31. The van der Waals surface area contributed by atoms with Crippen molar-refractivity contribution in [2.45, 2.75) is 52.7 Å². The number of fused-ring (bicyclic) bond motifs is 2. The monoisotopic (exact) mass is 483 g/mol. The lowest BCUT2D eigenvalue weighted by molar-refractivity contribution is 0.0593. The Balaban J connectivity index is 1.78. The fourth-order valence-electron chi connectivity index (χ4n) is 4.24. The number of amides is 1. The van der Waals surface area contributed by atoms with Gasteiger partial charge in [0.2, 0.25) is 5.76 Å². The van der Waals surface area contributed by atoms with Crippen LogP contribution in [0, 0.1) is 6.92 Å². The number of carbonyl (C=O) groups excluding carboxylic acids is 1. The highest BCUT2D eigenvalue weighted by molar-refractivity contribution is 6.32. The van der Waals surface area contributed by atoms with Crippen LogP contribution in [-0.4, -0.2) is 36.7 Å². The summed E-state index contributed by atoms with van der Waals surface area (Å²) in [6, 6.07) is 10.3. The van der Waals surface area contributed by atoms with Crippen molar-refractivity contribution in [3.8, 4) is 5.75 Å². The Kier molecular flexibility index (Phi) is 7.29. The topological polar surface area (TPSA) is 69.0 Å². The predicted octanol–water partition coefficient (Wildman–Crippen LogP) is 5.90. The van der Waals surface area contributed by atoms with Crippen LogP contribution in [0.4, 0.5) is 0 Å². The van der Waals surface area contributed by atoms with Crippen LogP contribution in [-0.2, 0) is 4.74 Å². The molecule has 1 unspecified atom stereocenters. The summed E-state index contributed by atoms with van der Waals surface area (Å²) in [7, 11) is 0. The van der Waals surface area contributed by atoms with Gasteiger partial charge in [0.1, 0.15) is 11.3 Å². The van der Waals surface area contributed by atoms with Crippen LogP contribution in [0.25, 0.3) is 11.0 Å². The lowest BCUT2D eigenvalue weighted by atomic mass is 9.98. The van der Waals surface area contributed by atoms with Crippen LogP contribution in [0.3, 0.4) is 0 Å². The standard InChI is InChI=1S/C27H30ClNO5/c1-5-12-33-19-9-7-18(8-10-19)24-23-25(30)20-15-21(28)17(4)14-22(20)34-26(23)27(31)29(24)11-6-13-32-16(2)3/h7-10,14-16,24H,5-6,11-13H2,1-4H3. The van der Waals surface area contributed by atoms with Crippen molar-refractivity contribution < 1.29 is 18.7 Å². The molecule has 180 valence electrons. The summed E-state index contributed by atoms with van der Waals surface area (Å²) >= 11 is 6.30. The molecule has 0 fully saturated rings. The summed E-state index contributed by atoms with van der Waals surface area (Å²) in [5, 5.41) is 0.862. The lowest BCUT2D eigenvalue weighted by Gasteiger charge is -2.25. The van der Waals surface area contributed by atoms with Gasteiger partial charge in [-0.05, 0) is 69.0 Å². The number of carbonyl (C=O) groups is 1. The van der Waals surface area contributed by atoms with Crippen molar-refractivity contribution in [3.63, 3.8) is 0 Å². The van der Waals surface area contributed by atoms with Crippen molar-refractivity contribution in [1.82, 2.24) is 4.90 Å². The fourth-order valence-corrected chi connectivity index (χ4v) is 4.40. The quantitative estimate of drug-likeness (QED) is 0.354. The molecule has 0 spiro atoms. The molecule has 0 radical (unpaired) electrons. The Labute approximate surface area is 204 Å². The second kappa shape index (κ2) is 10.2. The van der Waals surface area contributed by atoms with E-state index < -0.39 is 6.04 Å². The maximum atomic E-state index is 13.6. The average Bonchev–Trinajstić information content (AvgIpc) is 3.09. The highest BCUT2D eigenvalue weighted by Gasteiger charge is 2.42. The number of benzene rings is 2. The summed E-state index contributed by atoms with van der Waals surface area (Å²) < 4.78 is 17.4. The van der Waals surface area contributed by atoms with Gasteiger partial charge in [0, 0.05) is 18.2 Å². The largest absolute Gasteiger partial charge is 0.494 e. The maximum Gasteiger partial charge on any atom is 0.290 e. The van der Waals surface area contributed by atoms with E-state index in [1.54, 1.807) is 17.0 Å². The summed E-state index contributed by atoms with van der Waals surface area (Å²) in [4.78, 5) is 28.8. The number of hydrogen-bond donors (Lipinski definition) is 0. The van der Waals surface area contributed by atoms with Gasteiger partial charge in [0.25, 0.3) is 5.91 Å². The molecule has 4 rings (SSSR count). The third-order valence-electron chi connectivity index (χ3n) is 5.91. The Morgan fingerprint density at radius 2 is 1.85 bits per heavy atom. The Morgan fingerprint density at radius 1 is 1.12 bits per heavy atom. The van der Waals surface area contributed by atoms with Gasteiger partial charge in [0.05, 0.1) is 29.7 Å². The van der Waals surface area contributed by atoms with E-state index in [1.807, 2.05) is 52.0 Å². The van der Waals surface area contributed by atoms with E-state index in [2.05, 4.69) is 0 Å². The van der Waals surface area contributed by atoms with Gasteiger partial charge < -0.3 is 18.8 Å². The van der Waals surface area contributed by atoms with Crippen molar-refractivity contribution >= 4 is 28.5 Å². The van der Waals surface area contributed by atoms with E-state index in [9.17, 15) is 9.59 Å². The molecule has 6 nitrogen and oxygen atoms in total. The molecular formula is C27H30ClNO5. The Morgan fingerprint density at radius 3 is 2.53 bits per heavy atom. The molecule has 1 aromatic heterocycles. The van der Waals surface area contributed by atoms with Crippen molar-refractivity contribution in [2.75, 3.05) is 19.8 Å². The number of halogens is 1. The van der Waals surface area contributed by atoms with Crippen LogP contribution in [0.15, 0.2) is 45.6 Å². The molecular weight excluding hydrogens is 454 g/mol. The highest BCUT2D eigenvalue weighted by atomic mass is 35.5. The highest BCUT2D eigenvalue weighted by Crippen LogP contribution is 2.39. The molecule has 1 aliphatic heterocycles. The van der Waals surface area contributed by atoms with Crippen molar-refractivity contribution in [1.29, 1.82) is 0 Å². The number of rotatable bonds is 9. The molecule has 7 heteroatoms. The van der Waals surface area contributed by atoms with Crippen molar-refractivity contribution in [2.24, 2.45) is 0 Å². The molecule has 3 aromatic rings. The fraction of sp³-hybridized carbons (Fsp3) is 0.407. The zero-order valence-electron chi connectivity index (χ0n) is 20.0. The molecule has 0 saturated heterocycles. The van der Waals surface area contributed by atoms with Gasteiger partial charge in [-0.25, -0.2) is 0 Å². The SMILES string of the molecule is CCCOc1ccc(C2c3c(oc4cc(C)c(Cl)cc4c3=O)C(=O)N2CCCOC(C)C)cc1. The van der Waals surface area contributed by atoms with E-state index in [4.69, 9.17) is 25.5 Å². The minimum absolute atomic E-state index is 0.0975. The predicted molar refractivity (Wildman–Crippen MR) is 133 cm³/mol. The average molecular weight is 484 g/mol. The van der Waals surface area contributed by atoms with Crippen molar-refractivity contribution in [3.05, 3.63) is 74.1 Å². The molecule has 1 aliphatic rings. The number of aryl methyl sites for hydroxylation is 1. The van der Waals surface area contributed by atoms with Gasteiger partial charge in [-0.1, -0.05) is 30.7 Å². The first-order valence-electron chi connectivity index (χ1n) is 11.7. The smallest absolute Gasteiger partial charge is 0.290 e. The minimum atomic E-state index is -0.553. The molecule has 34 heavy (non-hydrogen) atoms. The Bertz CT molecular complexity index is 1250. The van der Waals surface area contributed by atoms with Gasteiger partial charge in [-0.3, -0.25) is 9.59 Å². The summed E-state index contributed by atoms with van der Waals surface area (Å²) in [5.74, 6) is 0.558. The molecule has 0 aliphatic carbocycles. The number of nitrogens with zero attached hydrogens (tertiary/aromatic N) is 1. The van der Waals surface area contributed by atoms with Crippen LogP contribution in [0.1, 0.15) is 66.9 Å². The normalized spacial score (nSPS) is 15.4. The van der Waals surface area contributed by atoms with Gasteiger partial charge in [0.15, 0.2) is 5.43 Å². The van der Waals surface area contributed by atoms with Crippen LogP contribution >= 0.6 is 11.6 Å². The zero-order valence-corrected chi connectivity index (χ0v) is 20.8. The van der Waals surface area contributed by atoms with E-state index in [0.29, 0.717) is 47.7 Å². The number of hydrogen-bond acceptors (Lipinski definition) is 5. The molecule has 2 aromatic carbocycles. The second-order valence-electron chi connectivity index (χ2n) is 8.86. The summed E-state index contributed by atoms with van der Waals surface area (Å²) in [6.45, 7) is 9.42. The van der Waals surface area contributed by atoms with Gasteiger partial charge in [-0.15, -0.1) is 0 Å². The minimum Gasteiger partial charge on any atom is -0.494 e.